The van der Waals surface area contributed by atoms with E-state index in [9.17, 15) is 0 Å². The minimum absolute atomic E-state index is 0.339. The highest BCUT2D eigenvalue weighted by molar-refractivity contribution is 8.14. The molecule has 94 valence electrons. The van der Waals surface area contributed by atoms with E-state index in [1.54, 1.807) is 0 Å². The van der Waals surface area contributed by atoms with E-state index in [-0.39, 0.29) is 0 Å². The third-order valence-corrected chi connectivity index (χ3v) is 4.20. The lowest BCUT2D eigenvalue weighted by atomic mass is 9.91. The molecule has 0 aromatic carbocycles. The summed E-state index contributed by atoms with van der Waals surface area (Å²) in [6, 6.07) is 0.633. The van der Waals surface area contributed by atoms with Gasteiger partial charge in [-0.05, 0) is 24.2 Å². The molecule has 1 atom stereocenters. The van der Waals surface area contributed by atoms with Crippen molar-refractivity contribution in [1.82, 2.24) is 5.32 Å². The van der Waals surface area contributed by atoms with Gasteiger partial charge in [-0.2, -0.15) is 0 Å². The predicted molar refractivity (Wildman–Crippen MR) is 75.2 cm³/mol. The molecule has 2 nitrogen and oxygen atoms in total. The van der Waals surface area contributed by atoms with Crippen molar-refractivity contribution < 1.29 is 0 Å². The Kier molecular flexibility index (Phi) is 5.16. The molecule has 1 unspecified atom stereocenters. The summed E-state index contributed by atoms with van der Waals surface area (Å²) in [5, 5.41) is 4.69. The van der Waals surface area contributed by atoms with Crippen molar-refractivity contribution in [1.29, 1.82) is 0 Å². The van der Waals surface area contributed by atoms with Crippen LogP contribution in [0.2, 0.25) is 0 Å². The zero-order chi connectivity index (χ0) is 12.2. The summed E-state index contributed by atoms with van der Waals surface area (Å²) in [5.41, 5.74) is 0.339. The van der Waals surface area contributed by atoms with Crippen molar-refractivity contribution in [3.8, 4) is 0 Å². The number of nitrogens with one attached hydrogen (secondary N) is 1. The lowest BCUT2D eigenvalue weighted by Gasteiger charge is -2.19. The molecule has 0 aromatic rings. The first-order chi connectivity index (χ1) is 7.43. The Labute approximate surface area is 105 Å². The largest absolute Gasteiger partial charge is 0.361 e. The van der Waals surface area contributed by atoms with Crippen LogP contribution in [0.1, 0.15) is 47.5 Å². The molecule has 1 rings (SSSR count). The highest BCUT2D eigenvalue weighted by Crippen LogP contribution is 2.23. The molecule has 3 heteroatoms. The Balaban J connectivity index is 2.38. The normalized spacial score (nSPS) is 24.1. The highest BCUT2D eigenvalue weighted by Gasteiger charge is 2.22. The van der Waals surface area contributed by atoms with Crippen molar-refractivity contribution in [3.05, 3.63) is 0 Å². The molecule has 16 heavy (non-hydrogen) atoms. The zero-order valence-electron chi connectivity index (χ0n) is 11.3. The topological polar surface area (TPSA) is 24.4 Å². The molecule has 0 aliphatic carbocycles. The number of hydrogen-bond acceptors (Lipinski definition) is 2. The average Bonchev–Trinajstić information content (AvgIpc) is 2.62. The van der Waals surface area contributed by atoms with E-state index in [1.807, 2.05) is 11.8 Å². The Bertz CT molecular complexity index is 246. The van der Waals surface area contributed by atoms with Gasteiger partial charge in [0, 0.05) is 18.3 Å². The molecule has 0 amide bonds. The Hall–Kier alpha value is -0.180. The fourth-order valence-corrected chi connectivity index (χ4v) is 2.61. The highest BCUT2D eigenvalue weighted by atomic mass is 32.2. The first-order valence-corrected chi connectivity index (χ1v) is 7.35. The molecule has 1 aliphatic rings. The fourth-order valence-electron chi connectivity index (χ4n) is 1.62. The average molecular weight is 242 g/mol. The second-order valence-corrected chi connectivity index (χ2v) is 6.93. The maximum Gasteiger partial charge on any atom is 0.156 e. The second-order valence-electron chi connectivity index (χ2n) is 5.92. The van der Waals surface area contributed by atoms with Crippen molar-refractivity contribution in [3.63, 3.8) is 0 Å². The van der Waals surface area contributed by atoms with E-state index in [0.717, 1.165) is 17.6 Å². The van der Waals surface area contributed by atoms with E-state index in [2.05, 4.69) is 39.9 Å². The lowest BCUT2D eigenvalue weighted by molar-refractivity contribution is 0.366. The van der Waals surface area contributed by atoms with Gasteiger partial charge in [0.15, 0.2) is 5.17 Å². The van der Waals surface area contributed by atoms with Gasteiger partial charge in [0.1, 0.15) is 0 Å². The Morgan fingerprint density at radius 3 is 2.75 bits per heavy atom. The van der Waals surface area contributed by atoms with Gasteiger partial charge in [-0.1, -0.05) is 46.4 Å². The van der Waals surface area contributed by atoms with Crippen LogP contribution in [-0.4, -0.2) is 23.5 Å². The number of amidine groups is 1. The molecule has 0 radical (unpaired) electrons. The van der Waals surface area contributed by atoms with E-state index in [0.29, 0.717) is 11.5 Å². The standard InChI is InChI=1S/C13H26N2S/c1-6-13(4,5)9-14-12-15-11(8-16-12)7-10(2)3/h10-11H,6-9H2,1-5H3,(H,14,15). The quantitative estimate of drug-likeness (QED) is 0.797. The van der Waals surface area contributed by atoms with Crippen LogP contribution in [0.25, 0.3) is 0 Å². The van der Waals surface area contributed by atoms with Crippen LogP contribution in [-0.2, 0) is 0 Å². The molecule has 1 fully saturated rings. The summed E-state index contributed by atoms with van der Waals surface area (Å²) in [5.74, 6) is 1.95. The molecule has 0 aromatic heterocycles. The van der Waals surface area contributed by atoms with Crippen LogP contribution in [0.4, 0.5) is 0 Å². The van der Waals surface area contributed by atoms with Crippen LogP contribution < -0.4 is 5.32 Å². The number of aliphatic imine (C=N–C) groups is 1. The first kappa shape index (κ1) is 13.9. The summed E-state index contributed by atoms with van der Waals surface area (Å²) < 4.78 is 0. The Morgan fingerprint density at radius 1 is 1.50 bits per heavy atom. The van der Waals surface area contributed by atoms with Crippen LogP contribution in [0.15, 0.2) is 4.99 Å². The van der Waals surface area contributed by atoms with Crippen LogP contribution in [0.3, 0.4) is 0 Å². The van der Waals surface area contributed by atoms with Gasteiger partial charge in [-0.25, -0.2) is 0 Å². The maximum absolute atomic E-state index is 4.69. The van der Waals surface area contributed by atoms with Crippen LogP contribution in [0.5, 0.6) is 0 Å². The first-order valence-electron chi connectivity index (χ1n) is 6.36. The maximum atomic E-state index is 4.69. The lowest BCUT2D eigenvalue weighted by Crippen LogP contribution is -2.29. The minimum Gasteiger partial charge on any atom is -0.361 e. The predicted octanol–water partition coefficient (Wildman–Crippen LogP) is 3.53. The summed E-state index contributed by atoms with van der Waals surface area (Å²) in [7, 11) is 0. The summed E-state index contributed by atoms with van der Waals surface area (Å²) in [6.45, 7) is 12.3. The van der Waals surface area contributed by atoms with E-state index in [4.69, 9.17) is 4.99 Å². The summed E-state index contributed by atoms with van der Waals surface area (Å²) in [4.78, 5) is 4.69. The number of nitrogens with zero attached hydrogens (tertiary/aromatic N) is 1. The smallest absolute Gasteiger partial charge is 0.156 e. The SMILES string of the molecule is CCC(C)(C)CN=C1NC(CC(C)C)CS1. The molecule has 0 saturated carbocycles. The van der Waals surface area contributed by atoms with Gasteiger partial charge >= 0.3 is 0 Å². The minimum atomic E-state index is 0.339. The van der Waals surface area contributed by atoms with Crippen molar-refractivity contribution >= 4 is 16.9 Å². The van der Waals surface area contributed by atoms with Gasteiger partial charge in [0.05, 0.1) is 0 Å². The molecule has 0 spiro atoms. The molecule has 0 bridgehead atoms. The van der Waals surface area contributed by atoms with E-state index < -0.39 is 0 Å². The summed E-state index contributed by atoms with van der Waals surface area (Å²) >= 11 is 1.88. The van der Waals surface area contributed by atoms with Crippen molar-refractivity contribution in [2.45, 2.75) is 53.5 Å². The van der Waals surface area contributed by atoms with Crippen molar-refractivity contribution in [2.75, 3.05) is 12.3 Å². The molecule has 1 N–H and O–H groups in total. The van der Waals surface area contributed by atoms with Gasteiger partial charge in [0.25, 0.3) is 0 Å². The van der Waals surface area contributed by atoms with Crippen LogP contribution in [0, 0.1) is 11.3 Å². The molecular weight excluding hydrogens is 216 g/mol. The molecule has 1 saturated heterocycles. The van der Waals surface area contributed by atoms with Gasteiger partial charge in [-0.15, -0.1) is 0 Å². The molecular formula is C13H26N2S. The van der Waals surface area contributed by atoms with Gasteiger partial charge < -0.3 is 5.32 Å². The third kappa shape index (κ3) is 4.77. The number of thioether (sulfide) groups is 1. The Morgan fingerprint density at radius 2 is 2.19 bits per heavy atom. The van der Waals surface area contributed by atoms with Crippen molar-refractivity contribution in [2.24, 2.45) is 16.3 Å². The zero-order valence-corrected chi connectivity index (χ0v) is 12.2. The van der Waals surface area contributed by atoms with Crippen LogP contribution >= 0.6 is 11.8 Å². The molecule has 1 aliphatic heterocycles. The fraction of sp³-hybridized carbons (Fsp3) is 0.923. The molecule has 1 heterocycles. The van der Waals surface area contributed by atoms with Gasteiger partial charge in [-0.3, -0.25) is 4.99 Å². The second kappa shape index (κ2) is 5.95. The van der Waals surface area contributed by atoms with Gasteiger partial charge in [0.2, 0.25) is 0 Å². The number of rotatable bonds is 5. The third-order valence-electron chi connectivity index (χ3n) is 3.11. The number of hydrogen-bond donors (Lipinski definition) is 1. The summed E-state index contributed by atoms with van der Waals surface area (Å²) in [6.07, 6.45) is 2.44. The monoisotopic (exact) mass is 242 g/mol. The van der Waals surface area contributed by atoms with E-state index >= 15 is 0 Å². The van der Waals surface area contributed by atoms with E-state index in [1.165, 1.54) is 18.6 Å².